The lowest BCUT2D eigenvalue weighted by Crippen LogP contribution is -2.42. The number of aliphatic carboxylic acids is 1. The zero-order valence-electron chi connectivity index (χ0n) is 12.5. The monoisotopic (exact) mass is 281 g/mol. The number of hydrogen-bond donors (Lipinski definition) is 2. The maximum absolute atomic E-state index is 12.0. The Morgan fingerprint density at radius 3 is 2.50 bits per heavy atom. The molecule has 0 aromatic carbocycles. The Kier molecular flexibility index (Phi) is 5.36. The van der Waals surface area contributed by atoms with Crippen LogP contribution in [0.15, 0.2) is 22.8 Å². The summed E-state index contributed by atoms with van der Waals surface area (Å²) in [5.41, 5.74) is -1.05. The third kappa shape index (κ3) is 4.11. The first-order chi connectivity index (χ1) is 9.25. The molecule has 2 N–H and O–H groups in total. The third-order valence-corrected chi connectivity index (χ3v) is 3.79. The van der Waals surface area contributed by atoms with E-state index in [4.69, 9.17) is 4.42 Å². The van der Waals surface area contributed by atoms with Crippen molar-refractivity contribution in [3.8, 4) is 0 Å². The number of hydrogen-bond acceptors (Lipinski definition) is 3. The van der Waals surface area contributed by atoms with Crippen LogP contribution in [0.1, 0.15) is 39.9 Å². The van der Waals surface area contributed by atoms with Crippen LogP contribution in [0.4, 0.5) is 0 Å². The second kappa shape index (κ2) is 6.59. The fraction of sp³-hybridized carbons (Fsp3) is 0.600. The van der Waals surface area contributed by atoms with Gasteiger partial charge in [0.15, 0.2) is 0 Å². The van der Waals surface area contributed by atoms with Gasteiger partial charge in [-0.2, -0.15) is 0 Å². The zero-order chi connectivity index (χ0) is 15.3. The fourth-order valence-corrected chi connectivity index (χ4v) is 1.97. The molecule has 0 aliphatic heterocycles. The molecule has 2 unspecified atom stereocenters. The van der Waals surface area contributed by atoms with Crippen molar-refractivity contribution in [3.05, 3.63) is 24.2 Å². The minimum atomic E-state index is -1.05. The standard InChI is InChI=1S/C15H23NO4/c1-10(2)15(4,14(18)19)9-13(17)16-11(3)8-12-6-5-7-20-12/h5-7,10-11H,8-9H2,1-4H3,(H,16,17)(H,18,19). The van der Waals surface area contributed by atoms with Crippen LogP contribution in [0.2, 0.25) is 0 Å². The van der Waals surface area contributed by atoms with Crippen molar-refractivity contribution in [2.45, 2.75) is 46.6 Å². The maximum Gasteiger partial charge on any atom is 0.310 e. The van der Waals surface area contributed by atoms with Gasteiger partial charge in [-0.1, -0.05) is 13.8 Å². The molecular weight excluding hydrogens is 258 g/mol. The lowest BCUT2D eigenvalue weighted by Gasteiger charge is -2.28. The number of nitrogens with one attached hydrogen (secondary N) is 1. The average molecular weight is 281 g/mol. The van der Waals surface area contributed by atoms with Gasteiger partial charge in [0.1, 0.15) is 5.76 Å². The number of rotatable bonds is 7. The van der Waals surface area contributed by atoms with Crippen molar-refractivity contribution in [2.75, 3.05) is 0 Å². The molecule has 1 aromatic rings. The average Bonchev–Trinajstić information content (AvgIpc) is 2.80. The maximum atomic E-state index is 12.0. The quantitative estimate of drug-likeness (QED) is 0.804. The molecule has 112 valence electrons. The zero-order valence-corrected chi connectivity index (χ0v) is 12.5. The number of furan rings is 1. The van der Waals surface area contributed by atoms with E-state index in [0.29, 0.717) is 6.42 Å². The van der Waals surface area contributed by atoms with Crippen LogP contribution in [-0.4, -0.2) is 23.0 Å². The summed E-state index contributed by atoms with van der Waals surface area (Å²) >= 11 is 0. The van der Waals surface area contributed by atoms with Crippen LogP contribution in [0.25, 0.3) is 0 Å². The molecule has 0 bridgehead atoms. The van der Waals surface area contributed by atoms with E-state index in [1.807, 2.05) is 26.8 Å². The lowest BCUT2D eigenvalue weighted by atomic mass is 9.76. The van der Waals surface area contributed by atoms with Crippen molar-refractivity contribution in [3.63, 3.8) is 0 Å². The Morgan fingerprint density at radius 1 is 1.40 bits per heavy atom. The van der Waals surface area contributed by atoms with Crippen LogP contribution >= 0.6 is 0 Å². The molecule has 0 aliphatic rings. The molecule has 1 heterocycles. The highest BCUT2D eigenvalue weighted by Gasteiger charge is 2.38. The summed E-state index contributed by atoms with van der Waals surface area (Å²) in [6.07, 6.45) is 2.15. The van der Waals surface area contributed by atoms with Crippen LogP contribution in [0.3, 0.4) is 0 Å². The minimum absolute atomic E-state index is 0.0253. The first-order valence-electron chi connectivity index (χ1n) is 6.81. The highest BCUT2D eigenvalue weighted by molar-refractivity contribution is 5.85. The first-order valence-corrected chi connectivity index (χ1v) is 6.81. The van der Waals surface area contributed by atoms with Crippen LogP contribution in [0, 0.1) is 11.3 Å². The third-order valence-electron chi connectivity index (χ3n) is 3.79. The van der Waals surface area contributed by atoms with E-state index in [1.54, 1.807) is 19.3 Å². The van der Waals surface area contributed by atoms with Gasteiger partial charge in [-0.15, -0.1) is 0 Å². The lowest BCUT2D eigenvalue weighted by molar-refractivity contribution is -0.153. The summed E-state index contributed by atoms with van der Waals surface area (Å²) < 4.78 is 5.22. The number of carbonyl (C=O) groups is 2. The molecule has 1 aromatic heterocycles. The summed E-state index contributed by atoms with van der Waals surface area (Å²) in [5.74, 6) is -0.516. The summed E-state index contributed by atoms with van der Waals surface area (Å²) in [6.45, 7) is 7.10. The molecule has 0 saturated carbocycles. The van der Waals surface area contributed by atoms with Crippen molar-refractivity contribution >= 4 is 11.9 Å². The van der Waals surface area contributed by atoms with E-state index < -0.39 is 11.4 Å². The summed E-state index contributed by atoms with van der Waals surface area (Å²) in [4.78, 5) is 23.3. The predicted octanol–water partition coefficient (Wildman–Crippen LogP) is 2.46. The van der Waals surface area contributed by atoms with E-state index in [0.717, 1.165) is 5.76 Å². The van der Waals surface area contributed by atoms with Gasteiger partial charge in [0.2, 0.25) is 5.91 Å². The van der Waals surface area contributed by atoms with Crippen molar-refractivity contribution < 1.29 is 19.1 Å². The molecule has 0 spiro atoms. The normalized spacial score (nSPS) is 15.7. The van der Waals surface area contributed by atoms with Crippen LogP contribution < -0.4 is 5.32 Å². The highest BCUT2D eigenvalue weighted by Crippen LogP contribution is 2.31. The van der Waals surface area contributed by atoms with Crippen LogP contribution in [-0.2, 0) is 16.0 Å². The molecule has 5 nitrogen and oxygen atoms in total. The molecule has 5 heteroatoms. The summed E-state index contributed by atoms with van der Waals surface area (Å²) in [6, 6.07) is 3.54. The molecule has 1 rings (SSSR count). The topological polar surface area (TPSA) is 79.5 Å². The van der Waals surface area contributed by atoms with E-state index in [2.05, 4.69) is 5.32 Å². The summed E-state index contributed by atoms with van der Waals surface area (Å²) in [5, 5.41) is 12.1. The molecule has 1 amide bonds. The molecular formula is C15H23NO4. The Morgan fingerprint density at radius 2 is 2.05 bits per heavy atom. The van der Waals surface area contributed by atoms with Crippen molar-refractivity contribution in [1.29, 1.82) is 0 Å². The largest absolute Gasteiger partial charge is 0.481 e. The van der Waals surface area contributed by atoms with E-state index in [1.165, 1.54) is 0 Å². The van der Waals surface area contributed by atoms with Gasteiger partial charge in [0.25, 0.3) is 0 Å². The number of carboxylic acids is 1. The van der Waals surface area contributed by atoms with Crippen LogP contribution in [0.5, 0.6) is 0 Å². The van der Waals surface area contributed by atoms with Gasteiger partial charge >= 0.3 is 5.97 Å². The van der Waals surface area contributed by atoms with Gasteiger partial charge in [-0.3, -0.25) is 9.59 Å². The van der Waals surface area contributed by atoms with Crippen molar-refractivity contribution in [2.24, 2.45) is 11.3 Å². The smallest absolute Gasteiger partial charge is 0.310 e. The Bertz CT molecular complexity index is 452. The van der Waals surface area contributed by atoms with Gasteiger partial charge in [-0.25, -0.2) is 0 Å². The van der Waals surface area contributed by atoms with Gasteiger partial charge in [0, 0.05) is 18.9 Å². The Labute approximate surface area is 119 Å². The second-order valence-electron chi connectivity index (χ2n) is 5.81. The van der Waals surface area contributed by atoms with Gasteiger partial charge in [-0.05, 0) is 31.9 Å². The predicted molar refractivity (Wildman–Crippen MR) is 75.2 cm³/mol. The first kappa shape index (κ1) is 16.3. The highest BCUT2D eigenvalue weighted by atomic mass is 16.4. The van der Waals surface area contributed by atoms with Gasteiger partial charge in [0.05, 0.1) is 11.7 Å². The number of amides is 1. The van der Waals surface area contributed by atoms with Crippen molar-refractivity contribution in [1.82, 2.24) is 5.32 Å². The molecule has 0 saturated heterocycles. The summed E-state index contributed by atoms with van der Waals surface area (Å²) in [7, 11) is 0. The fourth-order valence-electron chi connectivity index (χ4n) is 1.97. The second-order valence-corrected chi connectivity index (χ2v) is 5.81. The molecule has 2 atom stereocenters. The molecule has 0 aliphatic carbocycles. The van der Waals surface area contributed by atoms with E-state index >= 15 is 0 Å². The molecule has 0 fully saturated rings. The number of carboxylic acid groups (broad SMARTS) is 1. The molecule has 0 radical (unpaired) electrons. The minimum Gasteiger partial charge on any atom is -0.481 e. The SMILES string of the molecule is CC(Cc1ccco1)NC(=O)CC(C)(C(=O)O)C(C)C. The van der Waals surface area contributed by atoms with E-state index in [-0.39, 0.29) is 24.3 Å². The van der Waals surface area contributed by atoms with Gasteiger partial charge < -0.3 is 14.8 Å². The molecule has 20 heavy (non-hydrogen) atoms. The Hall–Kier alpha value is -1.78. The Balaban J connectivity index is 2.56. The number of carbonyl (C=O) groups excluding carboxylic acids is 1. The van der Waals surface area contributed by atoms with E-state index in [9.17, 15) is 14.7 Å².